The van der Waals surface area contributed by atoms with Gasteiger partial charge in [0.05, 0.1) is 25.7 Å². The van der Waals surface area contributed by atoms with Crippen LogP contribution in [-0.4, -0.2) is 45.3 Å². The lowest BCUT2D eigenvalue weighted by Gasteiger charge is -2.13. The lowest BCUT2D eigenvalue weighted by Crippen LogP contribution is -2.25. The van der Waals surface area contributed by atoms with E-state index in [1.807, 2.05) is 20.2 Å². The molecule has 1 N–H and O–H groups in total. The van der Waals surface area contributed by atoms with Crippen molar-refractivity contribution >= 4 is 0 Å². The number of nitrogens with one attached hydrogen (secondary N) is 1. The fraction of sp³-hybridized carbons (Fsp3) is 0.667. The van der Waals surface area contributed by atoms with Gasteiger partial charge in [-0.2, -0.15) is 0 Å². The second-order valence-corrected chi connectivity index (χ2v) is 4.15. The second-order valence-electron chi connectivity index (χ2n) is 4.15. The van der Waals surface area contributed by atoms with E-state index in [9.17, 15) is 0 Å². The van der Waals surface area contributed by atoms with Crippen LogP contribution in [0.5, 0.6) is 0 Å². The number of rotatable bonds is 8. The first-order valence-corrected chi connectivity index (χ1v) is 5.68. The minimum absolute atomic E-state index is 0.316. The van der Waals surface area contributed by atoms with Crippen molar-refractivity contribution in [2.45, 2.75) is 13.0 Å². The number of ether oxygens (including phenoxy) is 1. The van der Waals surface area contributed by atoms with Gasteiger partial charge < -0.3 is 19.4 Å². The van der Waals surface area contributed by atoms with E-state index in [1.54, 1.807) is 12.5 Å². The van der Waals surface area contributed by atoms with Crippen LogP contribution in [0.15, 0.2) is 23.0 Å². The van der Waals surface area contributed by atoms with Crippen molar-refractivity contribution in [1.82, 2.24) is 10.2 Å². The molecule has 1 aromatic heterocycles. The Morgan fingerprint density at radius 3 is 2.88 bits per heavy atom. The minimum atomic E-state index is 0.316. The summed E-state index contributed by atoms with van der Waals surface area (Å²) in [6, 6.07) is 2.29. The van der Waals surface area contributed by atoms with Crippen molar-refractivity contribution in [2.75, 3.05) is 40.4 Å². The van der Waals surface area contributed by atoms with Crippen molar-refractivity contribution in [2.24, 2.45) is 0 Å². The molecule has 1 unspecified atom stereocenters. The molecule has 1 atom stereocenters. The van der Waals surface area contributed by atoms with Crippen LogP contribution in [0.3, 0.4) is 0 Å². The third-order valence-corrected chi connectivity index (χ3v) is 2.42. The maximum absolute atomic E-state index is 5.48. The normalized spacial score (nSPS) is 13.2. The summed E-state index contributed by atoms with van der Waals surface area (Å²) in [6.45, 7) is 5.48. The summed E-state index contributed by atoms with van der Waals surface area (Å²) in [5.41, 5.74) is 1.17. The summed E-state index contributed by atoms with van der Waals surface area (Å²) in [7, 11) is 4.09. The van der Waals surface area contributed by atoms with Gasteiger partial charge in [-0.1, -0.05) is 0 Å². The Morgan fingerprint density at radius 1 is 1.44 bits per heavy atom. The van der Waals surface area contributed by atoms with Crippen LogP contribution in [-0.2, 0) is 4.74 Å². The maximum Gasteiger partial charge on any atom is 0.0950 e. The third kappa shape index (κ3) is 5.30. The molecule has 16 heavy (non-hydrogen) atoms. The number of likely N-dealkylation sites (N-methyl/N-ethyl adjacent to an activating group) is 1. The Morgan fingerprint density at radius 2 is 2.25 bits per heavy atom. The standard InChI is InChI=1S/C12H22N2O2/c1-11(12-4-7-16-10-12)13-5-8-15-9-6-14(2)3/h4,7,10-11,13H,5-6,8-9H2,1-3H3. The van der Waals surface area contributed by atoms with Crippen LogP contribution in [0.1, 0.15) is 18.5 Å². The Balaban J connectivity index is 1.99. The summed E-state index contributed by atoms with van der Waals surface area (Å²) < 4.78 is 10.5. The smallest absolute Gasteiger partial charge is 0.0950 e. The quantitative estimate of drug-likeness (QED) is 0.682. The Hall–Kier alpha value is -0.840. The number of furan rings is 1. The molecule has 0 aliphatic rings. The van der Waals surface area contributed by atoms with E-state index in [2.05, 4.69) is 17.1 Å². The summed E-state index contributed by atoms with van der Waals surface area (Å²) in [5.74, 6) is 0. The highest BCUT2D eigenvalue weighted by molar-refractivity contribution is 5.09. The average Bonchev–Trinajstić information content (AvgIpc) is 2.75. The molecule has 0 spiro atoms. The molecule has 4 heteroatoms. The molecule has 1 aromatic rings. The van der Waals surface area contributed by atoms with Gasteiger partial charge in [0.1, 0.15) is 0 Å². The number of hydrogen-bond acceptors (Lipinski definition) is 4. The van der Waals surface area contributed by atoms with E-state index < -0.39 is 0 Å². The molecule has 0 radical (unpaired) electrons. The van der Waals surface area contributed by atoms with Crippen molar-refractivity contribution in [3.8, 4) is 0 Å². The van der Waals surface area contributed by atoms with Crippen molar-refractivity contribution in [1.29, 1.82) is 0 Å². The Labute approximate surface area is 97.6 Å². The third-order valence-electron chi connectivity index (χ3n) is 2.42. The molecule has 0 saturated heterocycles. The monoisotopic (exact) mass is 226 g/mol. The first-order chi connectivity index (χ1) is 7.70. The average molecular weight is 226 g/mol. The summed E-state index contributed by atoms with van der Waals surface area (Å²) in [5, 5.41) is 3.37. The van der Waals surface area contributed by atoms with Crippen LogP contribution in [0.4, 0.5) is 0 Å². The van der Waals surface area contributed by atoms with E-state index in [1.165, 1.54) is 5.56 Å². The zero-order valence-electron chi connectivity index (χ0n) is 10.4. The van der Waals surface area contributed by atoms with E-state index in [0.29, 0.717) is 6.04 Å². The first kappa shape index (κ1) is 13.2. The molecule has 0 fully saturated rings. The van der Waals surface area contributed by atoms with Gasteiger partial charge in [-0.3, -0.25) is 0 Å². The molecular weight excluding hydrogens is 204 g/mol. The fourth-order valence-electron chi connectivity index (χ4n) is 1.34. The Kier molecular flexibility index (Phi) is 6.15. The molecular formula is C12H22N2O2. The van der Waals surface area contributed by atoms with Gasteiger partial charge in [-0.25, -0.2) is 0 Å². The molecule has 92 valence electrons. The van der Waals surface area contributed by atoms with E-state index >= 15 is 0 Å². The molecule has 0 aliphatic heterocycles. The topological polar surface area (TPSA) is 37.6 Å². The van der Waals surface area contributed by atoms with Gasteiger partial charge in [-0.05, 0) is 27.1 Å². The Bertz CT molecular complexity index is 260. The van der Waals surface area contributed by atoms with Gasteiger partial charge in [0.25, 0.3) is 0 Å². The van der Waals surface area contributed by atoms with Crippen molar-refractivity contribution in [3.05, 3.63) is 24.2 Å². The van der Waals surface area contributed by atoms with Crippen LogP contribution in [0, 0.1) is 0 Å². The zero-order valence-corrected chi connectivity index (χ0v) is 10.4. The van der Waals surface area contributed by atoms with Crippen molar-refractivity contribution in [3.63, 3.8) is 0 Å². The first-order valence-electron chi connectivity index (χ1n) is 5.68. The van der Waals surface area contributed by atoms with E-state index in [4.69, 9.17) is 9.15 Å². The van der Waals surface area contributed by atoms with Gasteiger partial charge in [0.15, 0.2) is 0 Å². The molecule has 1 rings (SSSR count). The summed E-state index contributed by atoms with van der Waals surface area (Å²) >= 11 is 0. The van der Waals surface area contributed by atoms with Crippen LogP contribution < -0.4 is 5.32 Å². The van der Waals surface area contributed by atoms with Crippen LogP contribution in [0.2, 0.25) is 0 Å². The second kappa shape index (κ2) is 7.44. The number of nitrogens with zero attached hydrogens (tertiary/aromatic N) is 1. The minimum Gasteiger partial charge on any atom is -0.472 e. The molecule has 0 aliphatic carbocycles. The predicted molar refractivity (Wildman–Crippen MR) is 64.5 cm³/mol. The SMILES string of the molecule is CC(NCCOCCN(C)C)c1ccoc1. The van der Waals surface area contributed by atoms with Gasteiger partial charge >= 0.3 is 0 Å². The zero-order chi connectivity index (χ0) is 11.8. The van der Waals surface area contributed by atoms with Crippen LogP contribution in [0.25, 0.3) is 0 Å². The highest BCUT2D eigenvalue weighted by Gasteiger charge is 2.04. The highest BCUT2D eigenvalue weighted by atomic mass is 16.5. The highest BCUT2D eigenvalue weighted by Crippen LogP contribution is 2.11. The van der Waals surface area contributed by atoms with Gasteiger partial charge in [0.2, 0.25) is 0 Å². The molecule has 0 amide bonds. The molecule has 0 saturated carbocycles. The lowest BCUT2D eigenvalue weighted by atomic mass is 10.2. The number of hydrogen-bond donors (Lipinski definition) is 1. The lowest BCUT2D eigenvalue weighted by molar-refractivity contribution is 0.118. The van der Waals surface area contributed by atoms with E-state index in [0.717, 1.165) is 26.3 Å². The molecule has 0 bridgehead atoms. The predicted octanol–water partition coefficient (Wildman–Crippen LogP) is 1.51. The van der Waals surface area contributed by atoms with Gasteiger partial charge in [-0.15, -0.1) is 0 Å². The largest absolute Gasteiger partial charge is 0.472 e. The fourth-order valence-corrected chi connectivity index (χ4v) is 1.34. The van der Waals surface area contributed by atoms with Crippen LogP contribution >= 0.6 is 0 Å². The maximum atomic E-state index is 5.48. The summed E-state index contributed by atoms with van der Waals surface area (Å²) in [6.07, 6.45) is 3.46. The van der Waals surface area contributed by atoms with Crippen molar-refractivity contribution < 1.29 is 9.15 Å². The molecule has 4 nitrogen and oxygen atoms in total. The van der Waals surface area contributed by atoms with E-state index in [-0.39, 0.29) is 0 Å². The van der Waals surface area contributed by atoms with Gasteiger partial charge in [0, 0.05) is 24.7 Å². The molecule has 1 heterocycles. The summed E-state index contributed by atoms with van der Waals surface area (Å²) in [4.78, 5) is 2.11. The molecule has 0 aromatic carbocycles.